The average Bonchev–Trinajstić information content (AvgIpc) is 2.84. The molecule has 1 atom stereocenters. The number of hydrogen-bond acceptors (Lipinski definition) is 3. The summed E-state index contributed by atoms with van der Waals surface area (Å²) in [6.07, 6.45) is 1.99. The summed E-state index contributed by atoms with van der Waals surface area (Å²) < 4.78 is 19.1. The monoisotopic (exact) mass is 286 g/mol. The van der Waals surface area contributed by atoms with Crippen LogP contribution in [0.4, 0.5) is 15.8 Å². The summed E-state index contributed by atoms with van der Waals surface area (Å²) in [4.78, 5) is 0. The van der Waals surface area contributed by atoms with Gasteiger partial charge in [0.1, 0.15) is 0 Å². The maximum absolute atomic E-state index is 13.9. The third-order valence-corrected chi connectivity index (χ3v) is 3.82. The van der Waals surface area contributed by atoms with Crippen LogP contribution in [0.15, 0.2) is 36.4 Å². The summed E-state index contributed by atoms with van der Waals surface area (Å²) in [6.45, 7) is 2.30. The number of rotatable bonds is 4. The number of anilines is 2. The second-order valence-electron chi connectivity index (χ2n) is 5.27. The Morgan fingerprint density at radius 3 is 2.90 bits per heavy atom. The van der Waals surface area contributed by atoms with E-state index >= 15 is 0 Å². The van der Waals surface area contributed by atoms with Gasteiger partial charge in [-0.25, -0.2) is 4.39 Å². The molecular weight excluding hydrogens is 267 g/mol. The lowest BCUT2D eigenvalue weighted by Gasteiger charge is -2.16. The third-order valence-electron chi connectivity index (χ3n) is 3.82. The summed E-state index contributed by atoms with van der Waals surface area (Å²) in [5.41, 5.74) is 9.90. The molecule has 2 aromatic carbocycles. The molecule has 110 valence electrons. The van der Waals surface area contributed by atoms with E-state index in [1.165, 1.54) is 17.2 Å². The largest absolute Gasteiger partial charge is 0.491 e. The van der Waals surface area contributed by atoms with Crippen molar-refractivity contribution in [2.24, 2.45) is 0 Å². The van der Waals surface area contributed by atoms with Gasteiger partial charge in [0.15, 0.2) is 11.6 Å². The van der Waals surface area contributed by atoms with Crippen molar-refractivity contribution in [3.8, 4) is 5.75 Å². The van der Waals surface area contributed by atoms with Crippen molar-refractivity contribution in [1.29, 1.82) is 0 Å². The van der Waals surface area contributed by atoms with Crippen molar-refractivity contribution in [3.05, 3.63) is 53.3 Å². The number of nitrogens with one attached hydrogen (secondary N) is 1. The lowest BCUT2D eigenvalue weighted by atomic mass is 10.1. The fraction of sp³-hybridized carbons (Fsp3) is 0.294. The molecule has 0 fully saturated rings. The van der Waals surface area contributed by atoms with E-state index < -0.39 is 0 Å². The van der Waals surface area contributed by atoms with Gasteiger partial charge in [0.05, 0.1) is 12.6 Å². The van der Waals surface area contributed by atoms with Crippen LogP contribution in [-0.4, -0.2) is 6.61 Å². The molecule has 1 unspecified atom stereocenters. The maximum Gasteiger partial charge on any atom is 0.167 e. The average molecular weight is 286 g/mol. The fourth-order valence-corrected chi connectivity index (χ4v) is 2.85. The fourth-order valence-electron chi connectivity index (χ4n) is 2.85. The van der Waals surface area contributed by atoms with Crippen molar-refractivity contribution < 1.29 is 9.13 Å². The van der Waals surface area contributed by atoms with Gasteiger partial charge in [0.25, 0.3) is 0 Å². The molecule has 0 amide bonds. The molecule has 0 radical (unpaired) electrons. The predicted octanol–water partition coefficient (Wildman–Crippen LogP) is 3.91. The van der Waals surface area contributed by atoms with Gasteiger partial charge in [-0.1, -0.05) is 6.07 Å². The quantitative estimate of drug-likeness (QED) is 0.838. The third kappa shape index (κ3) is 2.79. The Morgan fingerprint density at radius 1 is 1.29 bits per heavy atom. The molecule has 0 saturated carbocycles. The lowest BCUT2D eigenvalue weighted by Crippen LogP contribution is -2.07. The van der Waals surface area contributed by atoms with Crippen LogP contribution >= 0.6 is 0 Å². The SMILES string of the molecule is CCOc1ccc(NC2CCc3cc(N)ccc32)cc1F. The van der Waals surface area contributed by atoms with Crippen LogP contribution in [0.2, 0.25) is 0 Å². The van der Waals surface area contributed by atoms with Crippen LogP contribution < -0.4 is 15.8 Å². The second-order valence-corrected chi connectivity index (χ2v) is 5.27. The number of aryl methyl sites for hydroxylation is 1. The minimum Gasteiger partial charge on any atom is -0.491 e. The van der Waals surface area contributed by atoms with Gasteiger partial charge in [-0.2, -0.15) is 0 Å². The lowest BCUT2D eigenvalue weighted by molar-refractivity contribution is 0.321. The highest BCUT2D eigenvalue weighted by Gasteiger charge is 2.22. The molecule has 3 N–H and O–H groups in total. The van der Waals surface area contributed by atoms with Gasteiger partial charge >= 0.3 is 0 Å². The number of nitrogen functional groups attached to an aromatic ring is 1. The van der Waals surface area contributed by atoms with E-state index in [0.717, 1.165) is 24.2 Å². The van der Waals surface area contributed by atoms with Crippen LogP contribution in [0.1, 0.15) is 30.5 Å². The van der Waals surface area contributed by atoms with Gasteiger partial charge in [0.2, 0.25) is 0 Å². The van der Waals surface area contributed by atoms with Crippen molar-refractivity contribution in [2.75, 3.05) is 17.7 Å². The Morgan fingerprint density at radius 2 is 2.14 bits per heavy atom. The van der Waals surface area contributed by atoms with Gasteiger partial charge < -0.3 is 15.8 Å². The smallest absolute Gasteiger partial charge is 0.167 e. The highest BCUT2D eigenvalue weighted by atomic mass is 19.1. The highest BCUT2D eigenvalue weighted by molar-refractivity contribution is 5.53. The number of ether oxygens (including phenoxy) is 1. The van der Waals surface area contributed by atoms with Crippen LogP contribution in [0.25, 0.3) is 0 Å². The van der Waals surface area contributed by atoms with Crippen molar-refractivity contribution in [2.45, 2.75) is 25.8 Å². The first-order chi connectivity index (χ1) is 10.2. The van der Waals surface area contributed by atoms with E-state index in [9.17, 15) is 4.39 Å². The van der Waals surface area contributed by atoms with Crippen LogP contribution in [0.3, 0.4) is 0 Å². The molecule has 0 spiro atoms. The minimum atomic E-state index is -0.336. The van der Waals surface area contributed by atoms with Gasteiger partial charge in [-0.15, -0.1) is 0 Å². The normalized spacial score (nSPS) is 16.6. The molecule has 0 aromatic heterocycles. The van der Waals surface area contributed by atoms with E-state index in [0.29, 0.717) is 12.4 Å². The first kappa shape index (κ1) is 13.7. The molecule has 0 bridgehead atoms. The molecule has 1 aliphatic carbocycles. The zero-order valence-corrected chi connectivity index (χ0v) is 12.0. The zero-order chi connectivity index (χ0) is 14.8. The maximum atomic E-state index is 13.9. The van der Waals surface area contributed by atoms with Crippen LogP contribution in [-0.2, 0) is 6.42 Å². The van der Waals surface area contributed by atoms with Gasteiger partial charge in [-0.3, -0.25) is 0 Å². The topological polar surface area (TPSA) is 47.3 Å². The molecular formula is C17H19FN2O. The van der Waals surface area contributed by atoms with E-state index in [4.69, 9.17) is 10.5 Å². The first-order valence-corrected chi connectivity index (χ1v) is 7.24. The van der Waals surface area contributed by atoms with E-state index in [1.54, 1.807) is 6.07 Å². The predicted molar refractivity (Wildman–Crippen MR) is 83.1 cm³/mol. The van der Waals surface area contributed by atoms with E-state index in [-0.39, 0.29) is 11.9 Å². The number of hydrogen-bond donors (Lipinski definition) is 2. The van der Waals surface area contributed by atoms with Crippen molar-refractivity contribution >= 4 is 11.4 Å². The summed E-state index contributed by atoms with van der Waals surface area (Å²) in [5.74, 6) is -0.0416. The number of nitrogens with two attached hydrogens (primary N) is 1. The van der Waals surface area contributed by atoms with E-state index in [1.807, 2.05) is 25.1 Å². The van der Waals surface area contributed by atoms with Crippen LogP contribution in [0.5, 0.6) is 5.75 Å². The number of benzene rings is 2. The highest BCUT2D eigenvalue weighted by Crippen LogP contribution is 2.35. The molecule has 0 heterocycles. The Labute approximate surface area is 123 Å². The summed E-state index contributed by atoms with van der Waals surface area (Å²) >= 11 is 0. The Bertz CT molecular complexity index is 657. The minimum absolute atomic E-state index is 0.206. The zero-order valence-electron chi connectivity index (χ0n) is 12.0. The molecule has 0 saturated heterocycles. The standard InChI is InChI=1S/C17H19FN2O/c1-2-21-17-8-5-13(10-15(17)18)20-16-7-3-11-9-12(19)4-6-14(11)16/h4-6,8-10,16,20H,2-3,7,19H2,1H3. The Hall–Kier alpha value is -2.23. The van der Waals surface area contributed by atoms with Crippen molar-refractivity contribution in [3.63, 3.8) is 0 Å². The molecule has 2 aromatic rings. The van der Waals surface area contributed by atoms with Crippen molar-refractivity contribution in [1.82, 2.24) is 0 Å². The molecule has 3 rings (SSSR count). The van der Waals surface area contributed by atoms with Gasteiger partial charge in [0, 0.05) is 17.4 Å². The second kappa shape index (κ2) is 5.64. The number of fused-ring (bicyclic) bond motifs is 1. The Kier molecular flexibility index (Phi) is 3.69. The molecule has 3 nitrogen and oxygen atoms in total. The first-order valence-electron chi connectivity index (χ1n) is 7.24. The molecule has 1 aliphatic rings. The summed E-state index contributed by atoms with van der Waals surface area (Å²) in [5, 5.41) is 3.39. The van der Waals surface area contributed by atoms with E-state index in [2.05, 4.69) is 11.4 Å². The van der Waals surface area contributed by atoms with Gasteiger partial charge in [-0.05, 0) is 55.2 Å². The Balaban J connectivity index is 1.78. The van der Waals surface area contributed by atoms with Crippen LogP contribution in [0, 0.1) is 5.82 Å². The molecule has 4 heteroatoms. The molecule has 21 heavy (non-hydrogen) atoms. The summed E-state index contributed by atoms with van der Waals surface area (Å²) in [7, 11) is 0. The number of halogens is 1. The molecule has 0 aliphatic heterocycles. The summed E-state index contributed by atoms with van der Waals surface area (Å²) in [6, 6.07) is 11.2.